The molecule has 0 spiro atoms. The number of halogens is 2. The molecule has 1 unspecified atom stereocenters. The van der Waals surface area contributed by atoms with Crippen molar-refractivity contribution in [3.8, 4) is 0 Å². The van der Waals surface area contributed by atoms with Gasteiger partial charge in [0.1, 0.15) is 6.04 Å². The number of rotatable bonds is 8. The SMILES string of the molecule is [N-]=[N+]=NCCCNC(C(=O)O)c1cccc(C(F)F)c1. The van der Waals surface area contributed by atoms with Crippen LogP contribution in [0.15, 0.2) is 29.4 Å². The molecule has 8 heteroatoms. The molecule has 0 saturated carbocycles. The van der Waals surface area contributed by atoms with Gasteiger partial charge in [-0.2, -0.15) is 0 Å². The van der Waals surface area contributed by atoms with E-state index < -0.39 is 18.4 Å². The Bertz CT molecular complexity index is 504. The van der Waals surface area contributed by atoms with Crippen LogP contribution in [0.5, 0.6) is 0 Å². The normalized spacial score (nSPS) is 11.9. The molecule has 0 aliphatic rings. The van der Waals surface area contributed by atoms with Crippen molar-refractivity contribution in [1.29, 1.82) is 0 Å². The summed E-state index contributed by atoms with van der Waals surface area (Å²) in [5.41, 5.74) is 8.14. The summed E-state index contributed by atoms with van der Waals surface area (Å²) >= 11 is 0. The zero-order valence-corrected chi connectivity index (χ0v) is 10.5. The number of carbonyl (C=O) groups is 1. The van der Waals surface area contributed by atoms with E-state index in [2.05, 4.69) is 15.3 Å². The molecule has 2 N–H and O–H groups in total. The van der Waals surface area contributed by atoms with Gasteiger partial charge in [-0.3, -0.25) is 4.79 Å². The highest BCUT2D eigenvalue weighted by Gasteiger charge is 2.20. The molecule has 0 fully saturated rings. The highest BCUT2D eigenvalue weighted by Crippen LogP contribution is 2.22. The number of hydrogen-bond acceptors (Lipinski definition) is 3. The fraction of sp³-hybridized carbons (Fsp3) is 0.417. The highest BCUT2D eigenvalue weighted by molar-refractivity contribution is 5.75. The van der Waals surface area contributed by atoms with Crippen LogP contribution < -0.4 is 5.32 Å². The molecule has 1 aromatic carbocycles. The average Bonchev–Trinajstić information content (AvgIpc) is 2.42. The number of azide groups is 1. The van der Waals surface area contributed by atoms with Crippen molar-refractivity contribution in [3.05, 3.63) is 45.8 Å². The van der Waals surface area contributed by atoms with Gasteiger partial charge in [-0.1, -0.05) is 23.3 Å². The van der Waals surface area contributed by atoms with Gasteiger partial charge in [0.05, 0.1) is 0 Å². The molecule has 0 aliphatic heterocycles. The second-order valence-corrected chi connectivity index (χ2v) is 4.00. The number of carboxylic acid groups (broad SMARTS) is 1. The lowest BCUT2D eigenvalue weighted by Gasteiger charge is -2.15. The van der Waals surface area contributed by atoms with Crippen LogP contribution in [0, 0.1) is 0 Å². The quantitative estimate of drug-likeness (QED) is 0.332. The third-order valence-electron chi connectivity index (χ3n) is 2.59. The van der Waals surface area contributed by atoms with Crippen LogP contribution in [0.2, 0.25) is 0 Å². The van der Waals surface area contributed by atoms with Crippen LogP contribution in [0.1, 0.15) is 30.0 Å². The summed E-state index contributed by atoms with van der Waals surface area (Å²) < 4.78 is 25.2. The maximum Gasteiger partial charge on any atom is 0.325 e. The molecular formula is C12H14F2N4O2. The fourth-order valence-corrected chi connectivity index (χ4v) is 1.66. The summed E-state index contributed by atoms with van der Waals surface area (Å²) in [6.07, 6.45) is -2.18. The standard InChI is InChI=1S/C12H14F2N4O2/c13-11(14)9-4-1-3-8(7-9)10(12(19)20)16-5-2-6-17-18-15/h1,3-4,7,10-11,16H,2,5-6H2,(H,19,20). The first-order valence-electron chi connectivity index (χ1n) is 5.91. The smallest absolute Gasteiger partial charge is 0.325 e. The molecule has 1 atom stereocenters. The first-order chi connectivity index (χ1) is 9.56. The Kier molecular flexibility index (Phi) is 6.42. The molecule has 108 valence electrons. The Morgan fingerprint density at radius 1 is 1.45 bits per heavy atom. The van der Waals surface area contributed by atoms with Gasteiger partial charge < -0.3 is 10.4 Å². The van der Waals surface area contributed by atoms with Gasteiger partial charge in [0, 0.05) is 17.0 Å². The number of nitrogens with one attached hydrogen (secondary N) is 1. The van der Waals surface area contributed by atoms with Crippen molar-refractivity contribution in [2.45, 2.75) is 18.9 Å². The molecule has 0 bridgehead atoms. The molecule has 0 saturated heterocycles. The molecule has 20 heavy (non-hydrogen) atoms. The third kappa shape index (κ3) is 4.83. The van der Waals surface area contributed by atoms with Crippen LogP contribution in [-0.4, -0.2) is 24.2 Å². The van der Waals surface area contributed by atoms with Crippen molar-refractivity contribution in [2.75, 3.05) is 13.1 Å². The number of aliphatic carboxylic acids is 1. The summed E-state index contributed by atoms with van der Waals surface area (Å²) in [5.74, 6) is -1.15. The van der Waals surface area contributed by atoms with Crippen LogP contribution in [0.4, 0.5) is 8.78 Å². The number of benzene rings is 1. The first kappa shape index (κ1) is 15.9. The Morgan fingerprint density at radius 2 is 2.15 bits per heavy atom. The van der Waals surface area contributed by atoms with E-state index in [0.717, 1.165) is 0 Å². The zero-order valence-electron chi connectivity index (χ0n) is 10.5. The van der Waals surface area contributed by atoms with Gasteiger partial charge >= 0.3 is 5.97 Å². The van der Waals surface area contributed by atoms with E-state index in [4.69, 9.17) is 10.6 Å². The second-order valence-electron chi connectivity index (χ2n) is 4.00. The highest BCUT2D eigenvalue weighted by atomic mass is 19.3. The van der Waals surface area contributed by atoms with Crippen LogP contribution >= 0.6 is 0 Å². The fourth-order valence-electron chi connectivity index (χ4n) is 1.66. The van der Waals surface area contributed by atoms with Gasteiger partial charge in [0.25, 0.3) is 6.43 Å². The minimum absolute atomic E-state index is 0.218. The van der Waals surface area contributed by atoms with Gasteiger partial charge in [-0.05, 0) is 30.1 Å². The molecule has 1 aromatic rings. The molecule has 1 rings (SSSR count). The molecule has 0 aromatic heterocycles. The average molecular weight is 284 g/mol. The van der Waals surface area contributed by atoms with Crippen LogP contribution in [-0.2, 0) is 4.79 Å². The van der Waals surface area contributed by atoms with Crippen molar-refractivity contribution in [2.24, 2.45) is 5.11 Å². The molecule has 0 heterocycles. The lowest BCUT2D eigenvalue weighted by molar-refractivity contribution is -0.139. The lowest BCUT2D eigenvalue weighted by atomic mass is 10.0. The molecular weight excluding hydrogens is 270 g/mol. The van der Waals surface area contributed by atoms with E-state index in [1.165, 1.54) is 24.3 Å². The lowest BCUT2D eigenvalue weighted by Crippen LogP contribution is -2.29. The molecule has 6 nitrogen and oxygen atoms in total. The number of nitrogens with zero attached hydrogens (tertiary/aromatic N) is 3. The maximum absolute atomic E-state index is 12.6. The summed E-state index contributed by atoms with van der Waals surface area (Å²) in [7, 11) is 0. The van der Waals surface area contributed by atoms with E-state index in [1.54, 1.807) is 0 Å². The van der Waals surface area contributed by atoms with Crippen molar-refractivity contribution >= 4 is 5.97 Å². The van der Waals surface area contributed by atoms with Gasteiger partial charge in [-0.25, -0.2) is 8.78 Å². The largest absolute Gasteiger partial charge is 0.480 e. The van der Waals surface area contributed by atoms with Crippen molar-refractivity contribution in [3.63, 3.8) is 0 Å². The first-order valence-corrected chi connectivity index (χ1v) is 5.91. The number of hydrogen-bond donors (Lipinski definition) is 2. The van der Waals surface area contributed by atoms with Gasteiger partial charge in [0.2, 0.25) is 0 Å². The molecule has 0 amide bonds. The van der Waals surface area contributed by atoms with E-state index in [1.807, 2.05) is 0 Å². The van der Waals surface area contributed by atoms with E-state index in [0.29, 0.717) is 13.0 Å². The summed E-state index contributed by atoms with van der Waals surface area (Å²) in [6.45, 7) is 0.543. The Morgan fingerprint density at radius 3 is 2.75 bits per heavy atom. The summed E-state index contributed by atoms with van der Waals surface area (Å²) in [4.78, 5) is 13.7. The summed E-state index contributed by atoms with van der Waals surface area (Å²) in [6, 6.07) is 4.22. The van der Waals surface area contributed by atoms with E-state index >= 15 is 0 Å². The van der Waals surface area contributed by atoms with Gasteiger partial charge in [-0.15, -0.1) is 0 Å². The monoisotopic (exact) mass is 284 g/mol. The predicted molar refractivity (Wildman–Crippen MR) is 68.4 cm³/mol. The van der Waals surface area contributed by atoms with E-state index in [9.17, 15) is 13.6 Å². The zero-order chi connectivity index (χ0) is 15.0. The summed E-state index contributed by atoms with van der Waals surface area (Å²) in [5, 5.41) is 15.2. The third-order valence-corrected chi connectivity index (χ3v) is 2.59. The topological polar surface area (TPSA) is 98.1 Å². The van der Waals surface area contributed by atoms with Crippen molar-refractivity contribution < 1.29 is 18.7 Å². The van der Waals surface area contributed by atoms with Crippen molar-refractivity contribution in [1.82, 2.24) is 5.32 Å². The Balaban J connectivity index is 2.72. The van der Waals surface area contributed by atoms with Crippen LogP contribution in [0.25, 0.3) is 10.4 Å². The number of alkyl halides is 2. The molecule has 0 radical (unpaired) electrons. The predicted octanol–water partition coefficient (Wildman–Crippen LogP) is 3.04. The number of carboxylic acids is 1. The Labute approximate surface area is 114 Å². The minimum Gasteiger partial charge on any atom is -0.480 e. The second kappa shape index (κ2) is 8.08. The maximum atomic E-state index is 12.6. The minimum atomic E-state index is -2.64. The molecule has 0 aliphatic carbocycles. The Hall–Kier alpha value is -2.18. The van der Waals surface area contributed by atoms with Gasteiger partial charge in [0.15, 0.2) is 0 Å². The van der Waals surface area contributed by atoms with Crippen LogP contribution in [0.3, 0.4) is 0 Å². The van der Waals surface area contributed by atoms with E-state index in [-0.39, 0.29) is 17.7 Å².